The van der Waals surface area contributed by atoms with Crippen LogP contribution in [0.2, 0.25) is 0 Å². The van der Waals surface area contributed by atoms with Crippen LogP contribution in [0.4, 0.5) is 0 Å². The zero-order valence-corrected chi connectivity index (χ0v) is 9.97. The van der Waals surface area contributed by atoms with Crippen LogP contribution >= 0.6 is 0 Å². The summed E-state index contributed by atoms with van der Waals surface area (Å²) in [6.07, 6.45) is 6.52. The third-order valence-electron chi connectivity index (χ3n) is 3.15. The molecule has 0 saturated heterocycles. The van der Waals surface area contributed by atoms with Crippen molar-refractivity contribution in [3.05, 3.63) is 0 Å². The Labute approximate surface area is 92.6 Å². The SMILES string of the molecule is CCNC1(CC(=O)OCC)CCCCC1. The summed E-state index contributed by atoms with van der Waals surface area (Å²) in [6, 6.07) is 0. The van der Waals surface area contributed by atoms with Crippen molar-refractivity contribution in [3.8, 4) is 0 Å². The van der Waals surface area contributed by atoms with E-state index >= 15 is 0 Å². The number of esters is 1. The first-order valence-corrected chi connectivity index (χ1v) is 6.13. The summed E-state index contributed by atoms with van der Waals surface area (Å²) < 4.78 is 5.04. The molecule has 15 heavy (non-hydrogen) atoms. The lowest BCUT2D eigenvalue weighted by Crippen LogP contribution is -2.48. The van der Waals surface area contributed by atoms with Crippen LogP contribution in [0.3, 0.4) is 0 Å². The highest BCUT2D eigenvalue weighted by molar-refractivity contribution is 5.70. The minimum absolute atomic E-state index is 0.0270. The van der Waals surface area contributed by atoms with Crippen molar-refractivity contribution in [2.45, 2.75) is 57.9 Å². The van der Waals surface area contributed by atoms with Crippen molar-refractivity contribution < 1.29 is 9.53 Å². The Hall–Kier alpha value is -0.570. The average molecular weight is 213 g/mol. The smallest absolute Gasteiger partial charge is 0.307 e. The lowest BCUT2D eigenvalue weighted by atomic mass is 9.79. The first-order valence-electron chi connectivity index (χ1n) is 6.13. The van der Waals surface area contributed by atoms with Gasteiger partial charge in [-0.25, -0.2) is 0 Å². The molecule has 0 aromatic heterocycles. The fourth-order valence-corrected chi connectivity index (χ4v) is 2.51. The van der Waals surface area contributed by atoms with E-state index in [9.17, 15) is 4.79 Å². The summed E-state index contributed by atoms with van der Waals surface area (Å²) in [5, 5.41) is 3.49. The topological polar surface area (TPSA) is 38.3 Å². The van der Waals surface area contributed by atoms with Gasteiger partial charge in [0.2, 0.25) is 0 Å². The lowest BCUT2D eigenvalue weighted by molar-refractivity contribution is -0.145. The number of hydrogen-bond donors (Lipinski definition) is 1. The van der Waals surface area contributed by atoms with Crippen molar-refractivity contribution in [1.82, 2.24) is 5.32 Å². The quantitative estimate of drug-likeness (QED) is 0.712. The number of ether oxygens (including phenoxy) is 1. The Kier molecular flexibility index (Phi) is 5.09. The van der Waals surface area contributed by atoms with E-state index in [4.69, 9.17) is 4.74 Å². The molecule has 0 aliphatic heterocycles. The second-order valence-electron chi connectivity index (χ2n) is 4.35. The Morgan fingerprint density at radius 1 is 1.27 bits per heavy atom. The van der Waals surface area contributed by atoms with Gasteiger partial charge >= 0.3 is 5.97 Å². The van der Waals surface area contributed by atoms with E-state index in [-0.39, 0.29) is 11.5 Å². The summed E-state index contributed by atoms with van der Waals surface area (Å²) in [4.78, 5) is 11.5. The maximum atomic E-state index is 11.5. The van der Waals surface area contributed by atoms with Gasteiger partial charge in [0.25, 0.3) is 0 Å². The Morgan fingerprint density at radius 2 is 1.93 bits per heavy atom. The van der Waals surface area contributed by atoms with Gasteiger partial charge in [0, 0.05) is 5.54 Å². The molecule has 0 heterocycles. The van der Waals surface area contributed by atoms with Gasteiger partial charge in [0.15, 0.2) is 0 Å². The third-order valence-corrected chi connectivity index (χ3v) is 3.15. The first kappa shape index (κ1) is 12.5. The normalized spacial score (nSPS) is 19.9. The van der Waals surface area contributed by atoms with E-state index in [1.54, 1.807) is 0 Å². The molecule has 1 N–H and O–H groups in total. The van der Waals surface area contributed by atoms with Crippen LogP contribution in [0, 0.1) is 0 Å². The highest BCUT2D eigenvalue weighted by Gasteiger charge is 2.33. The van der Waals surface area contributed by atoms with Crippen LogP contribution in [0.25, 0.3) is 0 Å². The van der Waals surface area contributed by atoms with Gasteiger partial charge in [-0.3, -0.25) is 4.79 Å². The fraction of sp³-hybridized carbons (Fsp3) is 0.917. The predicted octanol–water partition coefficient (Wildman–Crippen LogP) is 2.25. The summed E-state index contributed by atoms with van der Waals surface area (Å²) in [5.74, 6) is -0.0552. The van der Waals surface area contributed by atoms with Crippen molar-refractivity contribution in [1.29, 1.82) is 0 Å². The van der Waals surface area contributed by atoms with E-state index in [1.165, 1.54) is 19.3 Å². The van der Waals surface area contributed by atoms with Crippen molar-refractivity contribution in [2.24, 2.45) is 0 Å². The number of hydrogen-bond acceptors (Lipinski definition) is 3. The summed E-state index contributed by atoms with van der Waals surface area (Å²) in [6.45, 7) is 5.38. The fourth-order valence-electron chi connectivity index (χ4n) is 2.51. The van der Waals surface area contributed by atoms with Crippen LogP contribution in [-0.2, 0) is 9.53 Å². The number of carbonyl (C=O) groups is 1. The number of carbonyl (C=O) groups excluding carboxylic acids is 1. The van der Waals surface area contributed by atoms with Gasteiger partial charge in [0.05, 0.1) is 13.0 Å². The Bertz CT molecular complexity index is 192. The largest absolute Gasteiger partial charge is 0.466 e. The van der Waals surface area contributed by atoms with Crippen molar-refractivity contribution in [3.63, 3.8) is 0 Å². The molecule has 1 rings (SSSR count). The van der Waals surface area contributed by atoms with E-state index in [1.807, 2.05) is 6.92 Å². The second kappa shape index (κ2) is 6.11. The summed E-state index contributed by atoms with van der Waals surface area (Å²) >= 11 is 0. The molecule has 1 aliphatic rings. The molecule has 0 spiro atoms. The molecule has 1 aliphatic carbocycles. The molecule has 0 aromatic rings. The van der Waals surface area contributed by atoms with Crippen molar-refractivity contribution in [2.75, 3.05) is 13.2 Å². The molecule has 0 aromatic carbocycles. The van der Waals surface area contributed by atoms with Gasteiger partial charge in [-0.2, -0.15) is 0 Å². The first-order chi connectivity index (χ1) is 7.22. The molecule has 3 nitrogen and oxygen atoms in total. The zero-order chi connectivity index (χ0) is 11.1. The maximum Gasteiger partial charge on any atom is 0.307 e. The molecule has 0 bridgehead atoms. The van der Waals surface area contributed by atoms with E-state index in [2.05, 4.69) is 12.2 Å². The molecule has 3 heteroatoms. The second-order valence-corrected chi connectivity index (χ2v) is 4.35. The van der Waals surface area contributed by atoms with Crippen LogP contribution in [0.15, 0.2) is 0 Å². The average Bonchev–Trinajstić information content (AvgIpc) is 2.19. The minimum atomic E-state index is -0.0552. The van der Waals surface area contributed by atoms with Gasteiger partial charge in [0.1, 0.15) is 0 Å². The molecule has 0 unspecified atom stereocenters. The van der Waals surface area contributed by atoms with Crippen LogP contribution in [0.1, 0.15) is 52.4 Å². The molecular weight excluding hydrogens is 190 g/mol. The molecular formula is C12H23NO2. The summed E-state index contributed by atoms with van der Waals surface area (Å²) in [7, 11) is 0. The van der Waals surface area contributed by atoms with Gasteiger partial charge in [-0.05, 0) is 26.3 Å². The van der Waals surface area contributed by atoms with E-state index in [0.29, 0.717) is 13.0 Å². The highest BCUT2D eigenvalue weighted by atomic mass is 16.5. The van der Waals surface area contributed by atoms with E-state index < -0.39 is 0 Å². The van der Waals surface area contributed by atoms with Gasteiger partial charge in [-0.15, -0.1) is 0 Å². The molecule has 0 radical (unpaired) electrons. The number of rotatable bonds is 5. The monoisotopic (exact) mass is 213 g/mol. The van der Waals surface area contributed by atoms with Gasteiger partial charge in [-0.1, -0.05) is 26.2 Å². The molecule has 0 amide bonds. The summed E-state index contributed by atoms with van der Waals surface area (Å²) in [5.41, 5.74) is 0.0270. The standard InChI is InChI=1S/C12H23NO2/c1-3-13-12(8-6-5-7-9-12)10-11(14)15-4-2/h13H,3-10H2,1-2H3. The molecule has 0 atom stereocenters. The third kappa shape index (κ3) is 3.82. The molecule has 1 saturated carbocycles. The Balaban J connectivity index is 2.51. The highest BCUT2D eigenvalue weighted by Crippen LogP contribution is 2.31. The lowest BCUT2D eigenvalue weighted by Gasteiger charge is -2.37. The minimum Gasteiger partial charge on any atom is -0.466 e. The van der Waals surface area contributed by atoms with Crippen LogP contribution in [0.5, 0.6) is 0 Å². The van der Waals surface area contributed by atoms with Gasteiger partial charge < -0.3 is 10.1 Å². The van der Waals surface area contributed by atoms with Crippen LogP contribution in [-0.4, -0.2) is 24.7 Å². The molecule has 1 fully saturated rings. The molecule has 88 valence electrons. The van der Waals surface area contributed by atoms with E-state index in [0.717, 1.165) is 19.4 Å². The van der Waals surface area contributed by atoms with Crippen LogP contribution < -0.4 is 5.32 Å². The predicted molar refractivity (Wildman–Crippen MR) is 60.7 cm³/mol. The number of nitrogens with one attached hydrogen (secondary N) is 1. The zero-order valence-electron chi connectivity index (χ0n) is 9.97. The Morgan fingerprint density at radius 3 is 2.47 bits per heavy atom. The van der Waals surface area contributed by atoms with Crippen molar-refractivity contribution >= 4 is 5.97 Å². The maximum absolute atomic E-state index is 11.5.